The van der Waals surface area contributed by atoms with E-state index in [1.54, 1.807) is 6.92 Å². The molecular weight excluding hydrogens is 156 g/mol. The van der Waals surface area contributed by atoms with E-state index in [0.717, 1.165) is 0 Å². The molecule has 0 aromatic heterocycles. The zero-order valence-electron chi connectivity index (χ0n) is 5.67. The number of hydrogen-bond donors (Lipinski definition) is 0. The Labute approximate surface area is 64.2 Å². The molecule has 2 aliphatic rings. The Kier molecular flexibility index (Phi) is 1.42. The normalized spacial score (nSPS) is 53.4. The van der Waals surface area contributed by atoms with Crippen LogP contribution in [0.15, 0.2) is 0 Å². The summed E-state index contributed by atoms with van der Waals surface area (Å²) in [6.45, 7) is 2.94. The zero-order chi connectivity index (χ0) is 7.19. The minimum absolute atomic E-state index is 0.0833. The summed E-state index contributed by atoms with van der Waals surface area (Å²) in [5.74, 6) is -0.704. The maximum Gasteiger partial charge on any atom is 0.206 e. The van der Waals surface area contributed by atoms with Crippen molar-refractivity contribution in [1.82, 2.24) is 0 Å². The SMILES string of the molecule is C[C@@]12OC[C@H](CO[C@H]1Cl)O2. The Balaban J connectivity index is 2.17. The second-order valence-electron chi connectivity index (χ2n) is 2.72. The van der Waals surface area contributed by atoms with E-state index in [2.05, 4.69) is 0 Å². The smallest absolute Gasteiger partial charge is 0.206 e. The molecule has 58 valence electrons. The average Bonchev–Trinajstić information content (AvgIpc) is 2.22. The minimum Gasteiger partial charge on any atom is -0.354 e. The number of rotatable bonds is 0. The van der Waals surface area contributed by atoms with Crippen LogP contribution in [0.4, 0.5) is 0 Å². The molecular formula is C6H9ClO3. The summed E-state index contributed by atoms with van der Waals surface area (Å²) in [7, 11) is 0. The average molecular weight is 165 g/mol. The lowest BCUT2D eigenvalue weighted by Crippen LogP contribution is -2.44. The van der Waals surface area contributed by atoms with E-state index in [9.17, 15) is 0 Å². The van der Waals surface area contributed by atoms with Crippen molar-refractivity contribution in [2.24, 2.45) is 0 Å². The summed E-state index contributed by atoms with van der Waals surface area (Å²) in [5.41, 5.74) is -0.466. The highest BCUT2D eigenvalue weighted by atomic mass is 35.5. The number of hydrogen-bond acceptors (Lipinski definition) is 3. The Bertz CT molecular complexity index is 150. The molecule has 2 saturated heterocycles. The molecule has 2 fully saturated rings. The number of fused-ring (bicyclic) bond motifs is 2. The molecule has 2 aliphatic heterocycles. The molecule has 0 aromatic rings. The fourth-order valence-corrected chi connectivity index (χ4v) is 1.39. The van der Waals surface area contributed by atoms with Gasteiger partial charge in [0.25, 0.3) is 0 Å². The van der Waals surface area contributed by atoms with Crippen LogP contribution in [0.1, 0.15) is 6.92 Å². The van der Waals surface area contributed by atoms with Gasteiger partial charge in [-0.05, 0) is 6.92 Å². The van der Waals surface area contributed by atoms with Crippen molar-refractivity contribution in [2.75, 3.05) is 13.2 Å². The lowest BCUT2D eigenvalue weighted by atomic mass is 10.3. The van der Waals surface area contributed by atoms with Gasteiger partial charge in [-0.25, -0.2) is 0 Å². The summed E-state index contributed by atoms with van der Waals surface area (Å²) >= 11 is 5.78. The number of ether oxygens (including phenoxy) is 3. The maximum atomic E-state index is 5.78. The third-order valence-electron chi connectivity index (χ3n) is 1.80. The highest BCUT2D eigenvalue weighted by Crippen LogP contribution is 2.34. The summed E-state index contributed by atoms with van der Waals surface area (Å²) in [6, 6.07) is 0. The highest BCUT2D eigenvalue weighted by molar-refractivity contribution is 6.20. The molecule has 2 rings (SSSR count). The molecule has 0 unspecified atom stereocenters. The van der Waals surface area contributed by atoms with Crippen molar-refractivity contribution < 1.29 is 14.2 Å². The molecule has 2 heterocycles. The summed E-state index contributed by atoms with van der Waals surface area (Å²) in [4.78, 5) is 0. The first-order valence-corrected chi connectivity index (χ1v) is 3.72. The van der Waals surface area contributed by atoms with Crippen molar-refractivity contribution in [3.63, 3.8) is 0 Å². The molecule has 0 spiro atoms. The molecule has 0 N–H and O–H groups in total. The first-order chi connectivity index (χ1) is 4.71. The van der Waals surface area contributed by atoms with Gasteiger partial charge >= 0.3 is 0 Å². The van der Waals surface area contributed by atoms with Crippen molar-refractivity contribution in [2.45, 2.75) is 24.4 Å². The minimum atomic E-state index is -0.704. The van der Waals surface area contributed by atoms with Crippen LogP contribution < -0.4 is 0 Å². The van der Waals surface area contributed by atoms with Crippen LogP contribution >= 0.6 is 11.6 Å². The second kappa shape index (κ2) is 2.08. The fourth-order valence-electron chi connectivity index (χ4n) is 1.20. The van der Waals surface area contributed by atoms with E-state index in [4.69, 9.17) is 25.8 Å². The zero-order valence-corrected chi connectivity index (χ0v) is 6.43. The van der Waals surface area contributed by atoms with Crippen LogP contribution in [-0.2, 0) is 14.2 Å². The lowest BCUT2D eigenvalue weighted by molar-refractivity contribution is -0.240. The van der Waals surface area contributed by atoms with E-state index in [1.165, 1.54) is 0 Å². The molecule has 3 atom stereocenters. The van der Waals surface area contributed by atoms with Gasteiger partial charge < -0.3 is 14.2 Å². The second-order valence-corrected chi connectivity index (χ2v) is 3.11. The largest absolute Gasteiger partial charge is 0.354 e. The van der Waals surface area contributed by atoms with E-state index < -0.39 is 11.4 Å². The van der Waals surface area contributed by atoms with E-state index >= 15 is 0 Å². The molecule has 3 nitrogen and oxygen atoms in total. The van der Waals surface area contributed by atoms with Crippen LogP contribution in [0, 0.1) is 0 Å². The van der Waals surface area contributed by atoms with Gasteiger partial charge in [0.1, 0.15) is 6.10 Å². The summed E-state index contributed by atoms with van der Waals surface area (Å²) in [6.07, 6.45) is 0.0833. The third kappa shape index (κ3) is 0.855. The van der Waals surface area contributed by atoms with Gasteiger partial charge in [0.05, 0.1) is 13.2 Å². The van der Waals surface area contributed by atoms with Crippen molar-refractivity contribution >= 4 is 11.6 Å². The standard InChI is InChI=1S/C6H9ClO3/c1-6-5(7)8-2-4(10-6)3-9-6/h4-5H,2-3H2,1H3/t4-,5+,6-/m0/s1. The van der Waals surface area contributed by atoms with Crippen LogP contribution in [0.5, 0.6) is 0 Å². The lowest BCUT2D eigenvalue weighted by Gasteiger charge is -2.31. The summed E-state index contributed by atoms with van der Waals surface area (Å²) in [5, 5.41) is 0. The predicted octanol–water partition coefficient (Wildman–Crippen LogP) is 0.713. The molecule has 10 heavy (non-hydrogen) atoms. The quantitative estimate of drug-likeness (QED) is 0.494. The Morgan fingerprint density at radius 1 is 1.50 bits per heavy atom. The van der Waals surface area contributed by atoms with Gasteiger partial charge in [0.15, 0.2) is 5.56 Å². The van der Waals surface area contributed by atoms with Crippen molar-refractivity contribution in [3.05, 3.63) is 0 Å². The Morgan fingerprint density at radius 2 is 2.30 bits per heavy atom. The van der Waals surface area contributed by atoms with Gasteiger partial charge in [-0.1, -0.05) is 11.6 Å². The number of halogens is 1. The molecule has 4 heteroatoms. The van der Waals surface area contributed by atoms with Crippen LogP contribution in [0.3, 0.4) is 0 Å². The van der Waals surface area contributed by atoms with E-state index in [-0.39, 0.29) is 6.10 Å². The van der Waals surface area contributed by atoms with Crippen LogP contribution in [0.2, 0.25) is 0 Å². The molecule has 0 radical (unpaired) electrons. The fraction of sp³-hybridized carbons (Fsp3) is 1.00. The molecule has 0 amide bonds. The maximum absolute atomic E-state index is 5.78. The third-order valence-corrected chi connectivity index (χ3v) is 2.32. The number of alkyl halides is 1. The van der Waals surface area contributed by atoms with Gasteiger partial charge in [0, 0.05) is 0 Å². The Hall–Kier alpha value is 0.170. The van der Waals surface area contributed by atoms with Crippen LogP contribution in [-0.4, -0.2) is 30.7 Å². The van der Waals surface area contributed by atoms with E-state index in [1.807, 2.05) is 0 Å². The Morgan fingerprint density at radius 3 is 3.00 bits per heavy atom. The first-order valence-electron chi connectivity index (χ1n) is 3.28. The van der Waals surface area contributed by atoms with Crippen molar-refractivity contribution in [3.8, 4) is 0 Å². The highest BCUT2D eigenvalue weighted by Gasteiger charge is 2.48. The van der Waals surface area contributed by atoms with Gasteiger partial charge in [0.2, 0.25) is 5.79 Å². The van der Waals surface area contributed by atoms with Gasteiger partial charge in [-0.2, -0.15) is 0 Å². The van der Waals surface area contributed by atoms with Gasteiger partial charge in [-0.3, -0.25) is 0 Å². The summed E-state index contributed by atoms with van der Waals surface area (Å²) < 4.78 is 15.9. The molecule has 0 aromatic carbocycles. The molecule has 2 bridgehead atoms. The van der Waals surface area contributed by atoms with Gasteiger partial charge in [-0.15, -0.1) is 0 Å². The predicted molar refractivity (Wildman–Crippen MR) is 34.8 cm³/mol. The van der Waals surface area contributed by atoms with Crippen LogP contribution in [0.25, 0.3) is 0 Å². The molecule has 0 saturated carbocycles. The van der Waals surface area contributed by atoms with Crippen molar-refractivity contribution in [1.29, 1.82) is 0 Å². The topological polar surface area (TPSA) is 27.7 Å². The first kappa shape index (κ1) is 6.85. The molecule has 0 aliphatic carbocycles. The monoisotopic (exact) mass is 164 g/mol. The van der Waals surface area contributed by atoms with E-state index in [0.29, 0.717) is 13.2 Å².